The van der Waals surface area contributed by atoms with E-state index in [4.69, 9.17) is 13.0 Å². The highest BCUT2D eigenvalue weighted by atomic mass is 16.3. The Kier molecular flexibility index (Phi) is 2.98. The van der Waals surface area contributed by atoms with E-state index >= 15 is 0 Å². The summed E-state index contributed by atoms with van der Waals surface area (Å²) in [6.45, 7) is 1.92. The first kappa shape index (κ1) is 11.2. The lowest BCUT2D eigenvalue weighted by atomic mass is 9.96. The molecule has 2 radical (unpaired) electrons. The maximum atomic E-state index is 9.45. The van der Waals surface area contributed by atoms with Gasteiger partial charge in [-0.15, -0.1) is 0 Å². The van der Waals surface area contributed by atoms with E-state index in [-0.39, 0.29) is 6.61 Å². The molecule has 1 aromatic heterocycles. The Morgan fingerprint density at radius 1 is 1.50 bits per heavy atom. The zero-order valence-corrected chi connectivity index (χ0v) is 9.09. The second kappa shape index (κ2) is 4.27. The van der Waals surface area contributed by atoms with Crippen molar-refractivity contribution in [2.75, 3.05) is 6.61 Å². The molecule has 0 amide bonds. The Bertz CT molecular complexity index is 510. The van der Waals surface area contributed by atoms with Gasteiger partial charge in [-0.1, -0.05) is 11.5 Å². The number of aliphatic hydroxyl groups excluding tert-OH is 2. The minimum absolute atomic E-state index is 0.262. The van der Waals surface area contributed by atoms with Gasteiger partial charge >= 0.3 is 0 Å². The lowest BCUT2D eigenvalue weighted by Crippen LogP contribution is -2.20. The van der Waals surface area contributed by atoms with Crippen molar-refractivity contribution in [3.8, 4) is 0 Å². The summed E-state index contributed by atoms with van der Waals surface area (Å²) in [5.41, 5.74) is 2.38. The molecule has 0 aliphatic carbocycles. The van der Waals surface area contributed by atoms with E-state index in [0.29, 0.717) is 12.0 Å². The van der Waals surface area contributed by atoms with Crippen molar-refractivity contribution in [1.29, 1.82) is 0 Å². The number of aryl methyl sites for hydroxylation is 1. The average Bonchev–Trinajstić information content (AvgIpc) is 2.55. The van der Waals surface area contributed by atoms with Crippen LogP contribution in [0.4, 0.5) is 0 Å². The number of benzene rings is 1. The van der Waals surface area contributed by atoms with Crippen LogP contribution in [0.3, 0.4) is 0 Å². The molecule has 0 fully saturated rings. The fourth-order valence-corrected chi connectivity index (χ4v) is 1.76. The van der Waals surface area contributed by atoms with Gasteiger partial charge in [0.2, 0.25) is 0 Å². The van der Waals surface area contributed by atoms with Crippen molar-refractivity contribution < 1.29 is 10.2 Å². The van der Waals surface area contributed by atoms with E-state index in [1.165, 1.54) is 0 Å². The van der Waals surface area contributed by atoms with Gasteiger partial charge in [-0.25, -0.2) is 4.98 Å². The highest BCUT2D eigenvalue weighted by Crippen LogP contribution is 2.14. The number of fused-ring (bicyclic) bond motifs is 1. The van der Waals surface area contributed by atoms with Gasteiger partial charge in [-0.05, 0) is 19.1 Å². The summed E-state index contributed by atoms with van der Waals surface area (Å²) in [5, 5.41) is 18.3. The van der Waals surface area contributed by atoms with Crippen LogP contribution in [0, 0.1) is 6.92 Å². The largest absolute Gasteiger partial charge is 0.394 e. The molecular weight excluding hydrogens is 203 g/mol. The molecule has 2 N–H and O–H groups in total. The summed E-state index contributed by atoms with van der Waals surface area (Å²) in [6.07, 6.45) is -0.780. The van der Waals surface area contributed by atoms with Crippen LogP contribution >= 0.6 is 0 Å². The van der Waals surface area contributed by atoms with Crippen LogP contribution in [-0.4, -0.2) is 40.3 Å². The molecule has 1 heterocycles. The highest BCUT2D eigenvalue weighted by Gasteiger charge is 2.10. The maximum Gasteiger partial charge on any atom is 0.113 e. The van der Waals surface area contributed by atoms with E-state index in [2.05, 4.69) is 4.98 Å². The first-order valence-electron chi connectivity index (χ1n) is 5.13. The van der Waals surface area contributed by atoms with E-state index in [1.807, 2.05) is 23.6 Å². The third-order valence-electron chi connectivity index (χ3n) is 2.57. The first-order chi connectivity index (χ1) is 7.61. The number of imidazole rings is 1. The van der Waals surface area contributed by atoms with Gasteiger partial charge in [-0.3, -0.25) is 0 Å². The second-order valence-electron chi connectivity index (χ2n) is 3.85. The van der Waals surface area contributed by atoms with Crippen LogP contribution in [-0.2, 0) is 6.54 Å². The molecule has 0 saturated heterocycles. The number of hydrogen-bond acceptors (Lipinski definition) is 3. The summed E-state index contributed by atoms with van der Waals surface area (Å²) in [5.74, 6) is 0.799. The number of hydrogen-bond donors (Lipinski definition) is 2. The van der Waals surface area contributed by atoms with Crippen molar-refractivity contribution >= 4 is 24.3 Å². The van der Waals surface area contributed by atoms with E-state index in [0.717, 1.165) is 16.9 Å². The minimum Gasteiger partial charge on any atom is -0.394 e. The number of rotatable bonds is 3. The molecule has 0 spiro atoms. The molecule has 0 aliphatic rings. The lowest BCUT2D eigenvalue weighted by Gasteiger charge is -2.11. The van der Waals surface area contributed by atoms with Crippen molar-refractivity contribution in [1.82, 2.24) is 9.55 Å². The Hall–Kier alpha value is -1.33. The molecule has 4 nitrogen and oxygen atoms in total. The zero-order valence-electron chi connectivity index (χ0n) is 9.09. The second-order valence-corrected chi connectivity index (χ2v) is 3.85. The zero-order chi connectivity index (χ0) is 11.7. The monoisotopic (exact) mass is 216 g/mol. The molecule has 1 atom stereocenters. The first-order valence-corrected chi connectivity index (χ1v) is 5.13. The van der Waals surface area contributed by atoms with Crippen LogP contribution in [0.2, 0.25) is 0 Å². The molecule has 2 aromatic rings. The minimum atomic E-state index is -0.780. The SMILES string of the molecule is [B]c1ccc2nc(C)n(CC(O)CO)c2c1. The van der Waals surface area contributed by atoms with Gasteiger partial charge in [-0.2, -0.15) is 0 Å². The Balaban J connectivity index is 2.50. The number of aliphatic hydroxyl groups is 2. The van der Waals surface area contributed by atoms with Crippen molar-refractivity contribution in [2.24, 2.45) is 0 Å². The van der Waals surface area contributed by atoms with Gasteiger partial charge in [0.25, 0.3) is 0 Å². The van der Waals surface area contributed by atoms with Crippen molar-refractivity contribution in [2.45, 2.75) is 19.6 Å². The molecule has 1 aromatic carbocycles. The maximum absolute atomic E-state index is 9.45. The van der Waals surface area contributed by atoms with Crippen molar-refractivity contribution in [3.63, 3.8) is 0 Å². The molecule has 16 heavy (non-hydrogen) atoms. The summed E-state index contributed by atoms with van der Waals surface area (Å²) < 4.78 is 1.85. The molecule has 82 valence electrons. The Morgan fingerprint density at radius 2 is 2.25 bits per heavy atom. The lowest BCUT2D eigenvalue weighted by molar-refractivity contribution is 0.0816. The fourth-order valence-electron chi connectivity index (χ4n) is 1.76. The Morgan fingerprint density at radius 3 is 2.94 bits per heavy atom. The van der Waals surface area contributed by atoms with Crippen LogP contribution in [0.25, 0.3) is 11.0 Å². The summed E-state index contributed by atoms with van der Waals surface area (Å²) in [7, 11) is 5.71. The van der Waals surface area contributed by atoms with Gasteiger partial charge in [0.05, 0.1) is 30.3 Å². The molecule has 1 unspecified atom stereocenters. The smallest absolute Gasteiger partial charge is 0.113 e. The van der Waals surface area contributed by atoms with Crippen LogP contribution in [0.5, 0.6) is 0 Å². The summed E-state index contributed by atoms with van der Waals surface area (Å²) >= 11 is 0. The summed E-state index contributed by atoms with van der Waals surface area (Å²) in [6, 6.07) is 5.46. The predicted octanol–water partition coefficient (Wildman–Crippen LogP) is -0.508. The fraction of sp³-hybridized carbons (Fsp3) is 0.364. The van der Waals surface area contributed by atoms with Crippen LogP contribution < -0.4 is 5.46 Å². The van der Waals surface area contributed by atoms with Gasteiger partial charge in [0, 0.05) is 0 Å². The number of nitrogens with zero attached hydrogens (tertiary/aromatic N) is 2. The molecule has 5 heteroatoms. The average molecular weight is 216 g/mol. The highest BCUT2D eigenvalue weighted by molar-refractivity contribution is 6.33. The van der Waals surface area contributed by atoms with Crippen LogP contribution in [0.15, 0.2) is 18.2 Å². The molecule has 2 rings (SSSR count). The van der Waals surface area contributed by atoms with Gasteiger partial charge < -0.3 is 14.8 Å². The normalized spacial score (nSPS) is 13.2. The predicted molar refractivity (Wildman–Crippen MR) is 63.0 cm³/mol. The third-order valence-corrected chi connectivity index (χ3v) is 2.57. The molecule has 0 aliphatic heterocycles. The van der Waals surface area contributed by atoms with Crippen LogP contribution in [0.1, 0.15) is 5.82 Å². The standard InChI is InChI=1S/C11H13BN2O2/c1-7-13-10-3-2-8(12)4-11(10)14(7)5-9(16)6-15/h2-4,9,15-16H,5-6H2,1H3. The Labute approximate surface area is 95.0 Å². The third kappa shape index (κ3) is 1.96. The van der Waals surface area contributed by atoms with E-state index < -0.39 is 6.10 Å². The topological polar surface area (TPSA) is 58.3 Å². The van der Waals surface area contributed by atoms with Gasteiger partial charge in [0.1, 0.15) is 13.7 Å². The quantitative estimate of drug-likeness (QED) is 0.679. The van der Waals surface area contributed by atoms with E-state index in [1.54, 1.807) is 6.07 Å². The number of aromatic nitrogens is 2. The summed E-state index contributed by atoms with van der Waals surface area (Å²) in [4.78, 5) is 4.36. The molecular formula is C11H13BN2O2. The van der Waals surface area contributed by atoms with E-state index in [9.17, 15) is 5.11 Å². The molecule has 0 bridgehead atoms. The molecule has 0 saturated carbocycles. The van der Waals surface area contributed by atoms with Crippen molar-refractivity contribution in [3.05, 3.63) is 24.0 Å². The van der Waals surface area contributed by atoms with Gasteiger partial charge in [0.15, 0.2) is 0 Å².